The fourth-order valence-electron chi connectivity index (χ4n) is 3.36. The maximum Gasteiger partial charge on any atom is 0.573 e. The first kappa shape index (κ1) is 21.2. The van der Waals surface area contributed by atoms with Gasteiger partial charge in [0.1, 0.15) is 5.75 Å². The Hall–Kier alpha value is -2.48. The predicted molar refractivity (Wildman–Crippen MR) is 109 cm³/mol. The third-order valence-electron chi connectivity index (χ3n) is 4.43. The van der Waals surface area contributed by atoms with Crippen molar-refractivity contribution in [3.63, 3.8) is 0 Å². The topological polar surface area (TPSA) is 38.8 Å². The van der Waals surface area contributed by atoms with E-state index in [4.69, 9.17) is 4.74 Å². The number of hydrogen-bond acceptors (Lipinski definition) is 4. The van der Waals surface area contributed by atoms with E-state index in [-0.39, 0.29) is 12.4 Å². The lowest BCUT2D eigenvalue weighted by atomic mass is 9.91. The Labute approximate surface area is 175 Å². The van der Waals surface area contributed by atoms with Crippen LogP contribution in [0.25, 0.3) is 17.2 Å². The summed E-state index contributed by atoms with van der Waals surface area (Å²) in [5, 5.41) is 0. The van der Waals surface area contributed by atoms with Gasteiger partial charge in [-0.15, -0.1) is 13.2 Å². The number of carbonyl (C=O) groups is 1. The molecule has 0 unspecified atom stereocenters. The Bertz CT molecular complexity index is 969. The lowest BCUT2D eigenvalue weighted by Crippen LogP contribution is -2.25. The summed E-state index contributed by atoms with van der Waals surface area (Å²) in [7, 11) is 1.92. The van der Waals surface area contributed by atoms with E-state index in [1.165, 1.54) is 24.3 Å². The van der Waals surface area contributed by atoms with Crippen LogP contribution in [-0.4, -0.2) is 32.5 Å². The first-order chi connectivity index (χ1) is 13.6. The van der Waals surface area contributed by atoms with E-state index in [1.807, 2.05) is 24.9 Å². The summed E-state index contributed by atoms with van der Waals surface area (Å²) in [6, 6.07) is 7.28. The molecule has 1 aliphatic heterocycles. The van der Waals surface area contributed by atoms with E-state index in [0.717, 1.165) is 22.4 Å². The third-order valence-corrected chi connectivity index (χ3v) is 5.23. The molecule has 0 saturated heterocycles. The van der Waals surface area contributed by atoms with Crippen molar-refractivity contribution in [3.8, 4) is 16.9 Å². The minimum atomic E-state index is -4.75. The molecule has 29 heavy (non-hydrogen) atoms. The number of fused-ring (bicyclic) bond motifs is 1. The molecule has 0 fully saturated rings. The molecule has 8 heteroatoms. The molecule has 0 spiro atoms. The highest BCUT2D eigenvalue weighted by atomic mass is 79.9. The van der Waals surface area contributed by atoms with Crippen LogP contribution in [0, 0.1) is 0 Å². The second kappa shape index (κ2) is 8.10. The molecule has 0 bridgehead atoms. The monoisotopic (exact) mass is 469 g/mol. The summed E-state index contributed by atoms with van der Waals surface area (Å²) >= 11 is 3.53. The molecular formula is C21H19BrF3NO3. The molecule has 3 rings (SSSR count). The minimum absolute atomic E-state index is 0.232. The Morgan fingerprint density at radius 2 is 1.90 bits per heavy atom. The average molecular weight is 470 g/mol. The van der Waals surface area contributed by atoms with Crippen LogP contribution in [0.4, 0.5) is 18.9 Å². The Kier molecular flexibility index (Phi) is 5.93. The highest BCUT2D eigenvalue weighted by Gasteiger charge is 2.31. The number of likely N-dealkylation sites (N-methyl/N-ethyl adjacent to an activating group) is 1. The maximum atomic E-state index is 12.5. The Morgan fingerprint density at radius 3 is 2.48 bits per heavy atom. The summed E-state index contributed by atoms with van der Waals surface area (Å²) in [6.45, 7) is 4.64. The number of hydrogen-bond donors (Lipinski definition) is 0. The number of benzene rings is 2. The zero-order valence-corrected chi connectivity index (χ0v) is 17.6. The van der Waals surface area contributed by atoms with Crippen molar-refractivity contribution in [1.29, 1.82) is 0 Å². The molecular weight excluding hydrogens is 451 g/mol. The van der Waals surface area contributed by atoms with E-state index in [2.05, 4.69) is 20.7 Å². The van der Waals surface area contributed by atoms with Crippen molar-refractivity contribution < 1.29 is 27.4 Å². The van der Waals surface area contributed by atoms with Crippen LogP contribution < -0.4 is 9.64 Å². The number of esters is 1. The van der Waals surface area contributed by atoms with Crippen LogP contribution >= 0.6 is 15.9 Å². The van der Waals surface area contributed by atoms with Crippen molar-refractivity contribution in [1.82, 2.24) is 0 Å². The van der Waals surface area contributed by atoms with Gasteiger partial charge in [-0.3, -0.25) is 0 Å². The lowest BCUT2D eigenvalue weighted by Gasteiger charge is -2.30. The fraction of sp³-hybridized carbons (Fsp3) is 0.286. The number of alkyl halides is 3. The van der Waals surface area contributed by atoms with E-state index in [1.54, 1.807) is 13.0 Å². The zero-order chi connectivity index (χ0) is 21.3. The smallest absolute Gasteiger partial charge is 0.462 e. The van der Waals surface area contributed by atoms with Crippen LogP contribution in [-0.2, 0) is 4.74 Å². The van der Waals surface area contributed by atoms with Crippen molar-refractivity contribution in [2.75, 3.05) is 25.1 Å². The van der Waals surface area contributed by atoms with Gasteiger partial charge in [-0.05, 0) is 59.1 Å². The minimum Gasteiger partial charge on any atom is -0.462 e. The van der Waals surface area contributed by atoms with Crippen molar-refractivity contribution in [3.05, 3.63) is 51.5 Å². The first-order valence-corrected chi connectivity index (χ1v) is 9.68. The van der Waals surface area contributed by atoms with Crippen LogP contribution in [0.2, 0.25) is 0 Å². The molecule has 0 aromatic heterocycles. The number of halogens is 4. The van der Waals surface area contributed by atoms with Gasteiger partial charge < -0.3 is 14.4 Å². The molecule has 0 radical (unpaired) electrons. The van der Waals surface area contributed by atoms with Crippen molar-refractivity contribution in [2.45, 2.75) is 20.2 Å². The molecule has 0 atom stereocenters. The largest absolute Gasteiger partial charge is 0.573 e. The molecule has 1 aliphatic rings. The summed E-state index contributed by atoms with van der Waals surface area (Å²) in [5.41, 5.74) is 4.56. The summed E-state index contributed by atoms with van der Waals surface area (Å²) in [4.78, 5) is 14.5. The summed E-state index contributed by atoms with van der Waals surface area (Å²) in [5.74, 6) is -0.776. The van der Waals surface area contributed by atoms with Crippen LogP contribution in [0.15, 0.2) is 40.4 Å². The molecule has 2 aromatic rings. The summed E-state index contributed by atoms with van der Waals surface area (Å²) in [6.07, 6.45) is -2.73. The highest BCUT2D eigenvalue weighted by Crippen LogP contribution is 2.43. The molecule has 154 valence electrons. The second-order valence-corrected chi connectivity index (χ2v) is 7.48. The number of carbonyl (C=O) groups excluding carboxylic acids is 1. The quantitative estimate of drug-likeness (QED) is 0.511. The molecule has 0 amide bonds. The van der Waals surface area contributed by atoms with Gasteiger partial charge in [-0.1, -0.05) is 23.8 Å². The number of ether oxygens (including phenoxy) is 2. The average Bonchev–Trinajstić information content (AvgIpc) is 2.61. The number of anilines is 1. The number of rotatable bonds is 4. The first-order valence-electron chi connectivity index (χ1n) is 8.88. The predicted octanol–water partition coefficient (Wildman–Crippen LogP) is 6.04. The third kappa shape index (κ3) is 4.58. The second-order valence-electron chi connectivity index (χ2n) is 6.69. The standard InChI is InChI=1S/C21H19BrF3NO3/c1-4-28-20(27)17-10-15(13-5-7-14(8-6-13)29-21(23,24)25)16-9-12(2)11-26(3)19(16)18(17)22/h5-10H,4,11H2,1-3H3. The van der Waals surface area contributed by atoms with E-state index in [0.29, 0.717) is 22.1 Å². The van der Waals surface area contributed by atoms with Crippen LogP contribution in [0.3, 0.4) is 0 Å². The SMILES string of the molecule is CCOC(=O)c1cc(-c2ccc(OC(F)(F)F)cc2)c2c(c1Br)N(C)CC(C)=C2. The van der Waals surface area contributed by atoms with E-state index < -0.39 is 12.3 Å². The van der Waals surface area contributed by atoms with Crippen LogP contribution in [0.5, 0.6) is 5.75 Å². The van der Waals surface area contributed by atoms with Gasteiger partial charge in [0.15, 0.2) is 0 Å². The highest BCUT2D eigenvalue weighted by molar-refractivity contribution is 9.10. The maximum absolute atomic E-state index is 12.5. The van der Waals surface area contributed by atoms with Gasteiger partial charge in [-0.2, -0.15) is 0 Å². The van der Waals surface area contributed by atoms with Gasteiger partial charge in [0.2, 0.25) is 0 Å². The van der Waals surface area contributed by atoms with Crippen LogP contribution in [0.1, 0.15) is 29.8 Å². The summed E-state index contributed by atoms with van der Waals surface area (Å²) < 4.78 is 47.1. The van der Waals surface area contributed by atoms with E-state index >= 15 is 0 Å². The molecule has 1 heterocycles. The Morgan fingerprint density at radius 1 is 1.24 bits per heavy atom. The fourth-order valence-corrected chi connectivity index (χ4v) is 4.15. The lowest BCUT2D eigenvalue weighted by molar-refractivity contribution is -0.274. The zero-order valence-electron chi connectivity index (χ0n) is 16.1. The van der Waals surface area contributed by atoms with Crippen molar-refractivity contribution >= 4 is 33.7 Å². The normalized spacial score (nSPS) is 13.6. The van der Waals surface area contributed by atoms with Crippen molar-refractivity contribution in [2.24, 2.45) is 0 Å². The van der Waals surface area contributed by atoms with Gasteiger partial charge in [0, 0.05) is 19.2 Å². The van der Waals surface area contributed by atoms with Gasteiger partial charge in [0.25, 0.3) is 0 Å². The molecule has 0 N–H and O–H groups in total. The van der Waals surface area contributed by atoms with E-state index in [9.17, 15) is 18.0 Å². The number of nitrogens with zero attached hydrogens (tertiary/aromatic N) is 1. The van der Waals surface area contributed by atoms with Gasteiger partial charge >= 0.3 is 12.3 Å². The molecule has 2 aromatic carbocycles. The molecule has 4 nitrogen and oxygen atoms in total. The van der Waals surface area contributed by atoms with Gasteiger partial charge in [0.05, 0.1) is 22.3 Å². The van der Waals surface area contributed by atoms with Gasteiger partial charge in [-0.25, -0.2) is 4.79 Å². The molecule has 0 aliphatic carbocycles. The Balaban J connectivity index is 2.16. The molecule has 0 saturated carbocycles.